The number of H-pyrrole nitrogens is 1. The molecule has 1 unspecified atom stereocenters. The van der Waals surface area contributed by atoms with Gasteiger partial charge in [0.15, 0.2) is 0 Å². The number of fused-ring (bicyclic) bond motifs is 1. The van der Waals surface area contributed by atoms with Gasteiger partial charge in [-0.1, -0.05) is 38.1 Å². The van der Waals surface area contributed by atoms with Gasteiger partial charge in [0.2, 0.25) is 5.91 Å². The molecular weight excluding hydrogens is 368 g/mol. The lowest BCUT2D eigenvalue weighted by atomic mass is 10.0. The van der Waals surface area contributed by atoms with Gasteiger partial charge in [0.25, 0.3) is 5.91 Å². The Bertz CT molecular complexity index is 982. The smallest absolute Gasteiger partial charge is 0.254 e. The van der Waals surface area contributed by atoms with E-state index in [0.717, 1.165) is 16.7 Å². The average molecular weight is 392 g/mol. The Morgan fingerprint density at radius 2 is 1.79 bits per heavy atom. The number of amides is 2. The summed E-state index contributed by atoms with van der Waals surface area (Å²) in [4.78, 5) is 25.1. The van der Waals surface area contributed by atoms with E-state index in [1.165, 1.54) is 7.11 Å². The number of ether oxygens (including phenoxy) is 1. The van der Waals surface area contributed by atoms with Crippen LogP contribution in [-0.4, -0.2) is 35.2 Å². The molecular formula is C22H24N4O3. The van der Waals surface area contributed by atoms with Crippen LogP contribution < -0.4 is 15.4 Å². The maximum Gasteiger partial charge on any atom is 0.254 e. The van der Waals surface area contributed by atoms with Crippen LogP contribution in [0.2, 0.25) is 0 Å². The van der Waals surface area contributed by atoms with E-state index in [9.17, 15) is 9.59 Å². The topological polar surface area (TPSA) is 96.1 Å². The third-order valence-corrected chi connectivity index (χ3v) is 4.58. The van der Waals surface area contributed by atoms with E-state index >= 15 is 0 Å². The first-order valence-corrected chi connectivity index (χ1v) is 9.52. The predicted octanol–water partition coefficient (Wildman–Crippen LogP) is 3.40. The molecule has 1 aliphatic heterocycles. The Labute approximate surface area is 169 Å². The molecule has 0 spiro atoms. The summed E-state index contributed by atoms with van der Waals surface area (Å²) in [5.74, 6) is 0.0138. The zero-order valence-corrected chi connectivity index (χ0v) is 16.7. The summed E-state index contributed by atoms with van der Waals surface area (Å²) in [7, 11) is 1.53. The number of hydrogen-bond donors (Lipinski definition) is 3. The van der Waals surface area contributed by atoms with Crippen LogP contribution in [-0.2, 0) is 11.2 Å². The number of aromatic amines is 1. The van der Waals surface area contributed by atoms with Crippen molar-refractivity contribution in [1.29, 1.82) is 0 Å². The summed E-state index contributed by atoms with van der Waals surface area (Å²) in [5.41, 5.74) is 3.84. The summed E-state index contributed by atoms with van der Waals surface area (Å²) in [6.07, 6.45) is 3.97. The lowest BCUT2D eigenvalue weighted by Crippen LogP contribution is -2.42. The summed E-state index contributed by atoms with van der Waals surface area (Å²) < 4.78 is 5.16. The second-order valence-electron chi connectivity index (χ2n) is 6.31. The van der Waals surface area contributed by atoms with Gasteiger partial charge < -0.3 is 15.4 Å². The minimum absolute atomic E-state index is 0.244. The summed E-state index contributed by atoms with van der Waals surface area (Å²) in [5, 5.41) is 12.3. The molecule has 0 saturated heterocycles. The summed E-state index contributed by atoms with van der Waals surface area (Å²) in [6.45, 7) is 4.00. The zero-order valence-electron chi connectivity index (χ0n) is 16.7. The van der Waals surface area contributed by atoms with E-state index in [0.29, 0.717) is 23.4 Å². The van der Waals surface area contributed by atoms with Crippen molar-refractivity contribution in [1.82, 2.24) is 15.5 Å². The number of carbonyl (C=O) groups excluding carboxylic acids is 2. The first kappa shape index (κ1) is 20.1. The molecule has 4 rings (SSSR count). The van der Waals surface area contributed by atoms with Crippen molar-refractivity contribution >= 4 is 17.5 Å². The molecule has 1 aliphatic rings. The molecule has 2 heterocycles. The lowest BCUT2D eigenvalue weighted by molar-refractivity contribution is -0.117. The number of nitrogens with one attached hydrogen (secondary N) is 3. The lowest BCUT2D eigenvalue weighted by Gasteiger charge is -2.14. The molecule has 3 aromatic rings. The largest absolute Gasteiger partial charge is 0.497 e. The van der Waals surface area contributed by atoms with E-state index in [2.05, 4.69) is 20.8 Å². The van der Waals surface area contributed by atoms with Gasteiger partial charge in [-0.2, -0.15) is 5.10 Å². The van der Waals surface area contributed by atoms with E-state index in [1.54, 1.807) is 24.4 Å². The van der Waals surface area contributed by atoms with E-state index in [-0.39, 0.29) is 11.8 Å². The number of benzene rings is 2. The molecule has 29 heavy (non-hydrogen) atoms. The molecule has 7 heteroatoms. The van der Waals surface area contributed by atoms with Crippen molar-refractivity contribution in [2.75, 3.05) is 12.4 Å². The Morgan fingerprint density at radius 1 is 1.03 bits per heavy atom. The van der Waals surface area contributed by atoms with Crippen LogP contribution in [0.5, 0.6) is 5.75 Å². The van der Waals surface area contributed by atoms with Crippen molar-refractivity contribution in [3.63, 3.8) is 0 Å². The van der Waals surface area contributed by atoms with Gasteiger partial charge in [-0.25, -0.2) is 0 Å². The first-order valence-electron chi connectivity index (χ1n) is 9.52. The fraction of sp³-hybridized carbons (Fsp3) is 0.227. The van der Waals surface area contributed by atoms with Crippen LogP contribution in [0, 0.1) is 0 Å². The normalized spacial score (nSPS) is 15.2. The number of nitrogens with zero attached hydrogens (tertiary/aromatic N) is 1. The summed E-state index contributed by atoms with van der Waals surface area (Å²) >= 11 is 0. The van der Waals surface area contributed by atoms with Crippen LogP contribution in [0.25, 0.3) is 11.1 Å². The van der Waals surface area contributed by atoms with Crippen LogP contribution in [0.1, 0.15) is 29.8 Å². The van der Waals surface area contributed by atoms with Crippen molar-refractivity contribution in [3.8, 4) is 16.9 Å². The molecule has 0 radical (unpaired) electrons. The maximum absolute atomic E-state index is 12.6. The zero-order chi connectivity index (χ0) is 20.8. The summed E-state index contributed by atoms with van der Waals surface area (Å²) in [6, 6.07) is 12.2. The van der Waals surface area contributed by atoms with Crippen molar-refractivity contribution in [2.24, 2.45) is 0 Å². The predicted molar refractivity (Wildman–Crippen MR) is 112 cm³/mol. The number of rotatable bonds is 4. The van der Waals surface area contributed by atoms with E-state index < -0.39 is 6.04 Å². The van der Waals surface area contributed by atoms with Gasteiger partial charge in [0, 0.05) is 18.2 Å². The van der Waals surface area contributed by atoms with Crippen LogP contribution in [0.3, 0.4) is 0 Å². The number of anilines is 1. The Hall–Kier alpha value is -3.61. The van der Waals surface area contributed by atoms with Gasteiger partial charge >= 0.3 is 0 Å². The highest BCUT2D eigenvalue weighted by molar-refractivity contribution is 6.10. The highest BCUT2D eigenvalue weighted by atomic mass is 16.5. The number of hydrogen-bond acceptors (Lipinski definition) is 4. The van der Waals surface area contributed by atoms with E-state index in [1.807, 2.05) is 44.3 Å². The third kappa shape index (κ3) is 4.45. The Kier molecular flexibility index (Phi) is 6.29. The molecule has 150 valence electrons. The van der Waals surface area contributed by atoms with Gasteiger partial charge in [-0.15, -0.1) is 0 Å². The van der Waals surface area contributed by atoms with Crippen molar-refractivity contribution < 1.29 is 14.3 Å². The minimum Gasteiger partial charge on any atom is -0.497 e. The maximum atomic E-state index is 12.6. The van der Waals surface area contributed by atoms with Gasteiger partial charge in [-0.05, 0) is 29.3 Å². The molecule has 2 aromatic carbocycles. The van der Waals surface area contributed by atoms with E-state index in [4.69, 9.17) is 4.74 Å². The van der Waals surface area contributed by atoms with Gasteiger partial charge in [0.05, 0.1) is 24.6 Å². The molecule has 2 amide bonds. The highest BCUT2D eigenvalue weighted by Gasteiger charge is 2.28. The molecule has 1 atom stereocenters. The standard InChI is InChI=1S/C20H18N4O3.C2H6/c1-27-15-6-7-17-16(9-15)19(25)24-18(20(26)23-17)8-12-2-4-13(5-3-12)14-10-21-22-11-14;1-2/h2-7,9-11,18H,8H2,1H3,(H,21,22)(H,23,26)(H,24,25);1-2H3. The minimum atomic E-state index is -0.657. The molecule has 0 bridgehead atoms. The molecule has 0 aliphatic carbocycles. The molecule has 1 aromatic heterocycles. The van der Waals surface area contributed by atoms with Gasteiger partial charge in [-0.3, -0.25) is 14.7 Å². The average Bonchev–Trinajstić information content (AvgIpc) is 3.26. The van der Waals surface area contributed by atoms with Gasteiger partial charge in [0.1, 0.15) is 11.8 Å². The number of carbonyl (C=O) groups is 2. The van der Waals surface area contributed by atoms with Crippen LogP contribution in [0.15, 0.2) is 54.9 Å². The molecule has 3 N–H and O–H groups in total. The molecule has 0 fully saturated rings. The fourth-order valence-corrected chi connectivity index (χ4v) is 3.09. The monoisotopic (exact) mass is 392 g/mol. The fourth-order valence-electron chi connectivity index (χ4n) is 3.09. The highest BCUT2D eigenvalue weighted by Crippen LogP contribution is 2.25. The third-order valence-electron chi connectivity index (χ3n) is 4.58. The molecule has 0 saturated carbocycles. The quantitative estimate of drug-likeness (QED) is 0.634. The number of methoxy groups -OCH3 is 1. The van der Waals surface area contributed by atoms with Crippen LogP contribution >= 0.6 is 0 Å². The Morgan fingerprint density at radius 3 is 2.45 bits per heavy atom. The Balaban J connectivity index is 0.00000117. The SMILES string of the molecule is CC.COc1ccc2c(c1)C(=O)NC(Cc1ccc(-c3cn[nH]c3)cc1)C(=O)N2. The number of aromatic nitrogens is 2. The van der Waals surface area contributed by atoms with Crippen LogP contribution in [0.4, 0.5) is 5.69 Å². The van der Waals surface area contributed by atoms with Crippen molar-refractivity contribution in [2.45, 2.75) is 26.3 Å². The first-order chi connectivity index (χ1) is 14.1. The van der Waals surface area contributed by atoms with Crippen molar-refractivity contribution in [3.05, 3.63) is 66.0 Å². The molecule has 7 nitrogen and oxygen atoms in total. The second kappa shape index (κ2) is 9.05. The second-order valence-corrected chi connectivity index (χ2v) is 6.31.